The van der Waals surface area contributed by atoms with Crippen LogP contribution in [0.5, 0.6) is 0 Å². The Labute approximate surface area is 73.9 Å². The Morgan fingerprint density at radius 3 is 1.38 bits per heavy atom. The predicted octanol–water partition coefficient (Wildman–Crippen LogP) is 2.25. The molecule has 0 heterocycles. The molecule has 0 aromatic heterocycles. The van der Waals surface area contributed by atoms with Crippen LogP contribution in [-0.2, 0) is 32.7 Å². The first kappa shape index (κ1) is 11.7. The van der Waals surface area contributed by atoms with Gasteiger partial charge in [-0.2, -0.15) is 13.8 Å². The Kier molecular flexibility index (Phi) is 5.70. The van der Waals surface area contributed by atoms with Gasteiger partial charge in [-0.05, 0) is 6.92 Å². The van der Waals surface area contributed by atoms with Gasteiger partial charge < -0.3 is 0 Å². The quantitative estimate of drug-likeness (QED) is 0.564. The molecule has 0 N–H and O–H groups in total. The minimum absolute atomic E-state index is 0. The average molecular weight is 196 g/mol. The molecule has 0 aliphatic rings. The van der Waals surface area contributed by atoms with Gasteiger partial charge in [0.25, 0.3) is 0 Å². The minimum Gasteiger partial charge on any atom is -0.251 e. The van der Waals surface area contributed by atoms with Crippen LogP contribution in [0.25, 0.3) is 0 Å². The van der Waals surface area contributed by atoms with Gasteiger partial charge in [0.2, 0.25) is 0 Å². The molecule has 0 spiro atoms. The second-order valence-corrected chi connectivity index (χ2v) is 1.89. The predicted molar refractivity (Wildman–Crippen MR) is 25.2 cm³/mol. The zero-order chi connectivity index (χ0) is 6.08. The Balaban J connectivity index is 0. The van der Waals surface area contributed by atoms with Crippen molar-refractivity contribution in [2.75, 3.05) is 0 Å². The summed E-state index contributed by atoms with van der Waals surface area (Å²) >= 11 is 0. The molecule has 0 aliphatic heterocycles. The molecule has 0 saturated carbocycles. The van der Waals surface area contributed by atoms with Gasteiger partial charge in [0.05, 0.1) is 0 Å². The monoisotopic (exact) mass is 196 g/mol. The molecule has 1 radical (unpaired) electrons. The largest absolute Gasteiger partial charge is 0.251 e. The summed E-state index contributed by atoms with van der Waals surface area (Å²) in [4.78, 5) is 0. The van der Waals surface area contributed by atoms with E-state index < -0.39 is 5.92 Å². The van der Waals surface area contributed by atoms with Crippen molar-refractivity contribution in [3.63, 3.8) is 0 Å². The Hall–Kier alpha value is 0.964. The van der Waals surface area contributed by atoms with Crippen molar-refractivity contribution < 1.29 is 41.5 Å². The van der Waals surface area contributed by atoms with Crippen LogP contribution < -0.4 is 0 Å². The fraction of sp³-hybridized carbons (Fsp3) is 0.800. The summed E-state index contributed by atoms with van der Waals surface area (Å²) in [7, 11) is 0. The van der Waals surface area contributed by atoms with Crippen LogP contribution in [0.4, 0.5) is 8.78 Å². The molecule has 0 aliphatic carbocycles. The summed E-state index contributed by atoms with van der Waals surface area (Å²) in [6, 6.07) is 0. The van der Waals surface area contributed by atoms with Gasteiger partial charge in [0, 0.05) is 32.7 Å². The van der Waals surface area contributed by atoms with E-state index in [-0.39, 0.29) is 38.6 Å². The third-order valence-corrected chi connectivity index (χ3v) is 0.878. The molecule has 0 unspecified atom stereocenters. The van der Waals surface area contributed by atoms with E-state index >= 15 is 0 Å². The van der Waals surface area contributed by atoms with Gasteiger partial charge in [-0.15, -0.1) is 0 Å². The number of halogens is 2. The molecule has 0 aromatic carbocycles. The zero-order valence-corrected chi connectivity index (χ0v) is 8.17. The third-order valence-electron chi connectivity index (χ3n) is 0.878. The molecule has 0 saturated heterocycles. The van der Waals surface area contributed by atoms with Crippen LogP contribution >= 0.6 is 0 Å². The molecule has 47 valence electrons. The van der Waals surface area contributed by atoms with Crippen molar-refractivity contribution in [3.05, 3.63) is 5.92 Å². The van der Waals surface area contributed by atoms with Crippen molar-refractivity contribution in [3.8, 4) is 0 Å². The summed E-state index contributed by atoms with van der Waals surface area (Å²) in [6.07, 6.45) is 0. The maximum atomic E-state index is 11.8. The summed E-state index contributed by atoms with van der Waals surface area (Å²) in [5.41, 5.74) is 0. The smallest absolute Gasteiger partial charge is 0.131 e. The molecule has 0 bridgehead atoms. The first-order valence-electron chi connectivity index (χ1n) is 2.13. The number of alkyl halides is 2. The minimum atomic E-state index is -2.58. The molecule has 3 heteroatoms. The SMILES string of the molecule is C[C-](C)C(C)(F)F.[Y]. The molecule has 0 amide bonds. The first-order valence-corrected chi connectivity index (χ1v) is 2.13. The summed E-state index contributed by atoms with van der Waals surface area (Å²) < 4.78 is 23.6. The van der Waals surface area contributed by atoms with Gasteiger partial charge in [-0.3, -0.25) is 5.92 Å². The molecular weight excluding hydrogens is 187 g/mol. The summed E-state index contributed by atoms with van der Waals surface area (Å²) in [5.74, 6) is -2.42. The van der Waals surface area contributed by atoms with Crippen molar-refractivity contribution in [2.45, 2.75) is 26.7 Å². The van der Waals surface area contributed by atoms with Gasteiger partial charge >= 0.3 is 0 Å². The summed E-state index contributed by atoms with van der Waals surface area (Å²) in [6.45, 7) is 3.72. The third kappa shape index (κ3) is 5.11. The van der Waals surface area contributed by atoms with E-state index in [1.807, 2.05) is 0 Å². The maximum Gasteiger partial charge on any atom is 0.131 e. The van der Waals surface area contributed by atoms with E-state index in [0.717, 1.165) is 6.92 Å². The summed E-state index contributed by atoms with van der Waals surface area (Å²) in [5, 5.41) is 0. The Morgan fingerprint density at radius 2 is 1.38 bits per heavy atom. The van der Waals surface area contributed by atoms with Crippen LogP contribution in [0.15, 0.2) is 0 Å². The van der Waals surface area contributed by atoms with Gasteiger partial charge in [-0.25, -0.2) is 8.78 Å². The van der Waals surface area contributed by atoms with Crippen LogP contribution in [0.3, 0.4) is 0 Å². The van der Waals surface area contributed by atoms with Gasteiger partial charge in [0.1, 0.15) is 5.92 Å². The molecule has 0 rings (SSSR count). The van der Waals surface area contributed by atoms with Gasteiger partial charge in [0.15, 0.2) is 0 Å². The average Bonchev–Trinajstić information content (AvgIpc) is 1.31. The van der Waals surface area contributed by atoms with Crippen LogP contribution in [0.2, 0.25) is 0 Å². The molecular formula is C5H9F2Y-. The molecule has 0 atom stereocenters. The number of hydrogen-bond acceptors (Lipinski definition) is 0. The normalized spacial score (nSPS) is 11.2. The first-order chi connectivity index (χ1) is 2.94. The topological polar surface area (TPSA) is 0 Å². The van der Waals surface area contributed by atoms with E-state index in [9.17, 15) is 8.78 Å². The molecule has 0 fully saturated rings. The van der Waals surface area contributed by atoms with E-state index in [0.29, 0.717) is 0 Å². The van der Waals surface area contributed by atoms with Crippen LogP contribution in [0.1, 0.15) is 20.8 Å². The van der Waals surface area contributed by atoms with Crippen LogP contribution in [-0.4, -0.2) is 5.92 Å². The fourth-order valence-corrected chi connectivity index (χ4v) is 0. The van der Waals surface area contributed by atoms with Gasteiger partial charge in [-0.1, -0.05) is 0 Å². The standard InChI is InChI=1S/C5H9F2.Y/c1-4(2)5(3,6)7;/h1-3H3;/q-1;. The fourth-order valence-electron chi connectivity index (χ4n) is 0. The van der Waals surface area contributed by atoms with Crippen molar-refractivity contribution in [1.82, 2.24) is 0 Å². The van der Waals surface area contributed by atoms with E-state index in [1.54, 1.807) is 0 Å². The second kappa shape index (κ2) is 3.89. The van der Waals surface area contributed by atoms with Crippen molar-refractivity contribution >= 4 is 0 Å². The molecule has 0 aromatic rings. The van der Waals surface area contributed by atoms with E-state index in [2.05, 4.69) is 0 Å². The molecule has 0 nitrogen and oxygen atoms in total. The second-order valence-electron chi connectivity index (χ2n) is 1.89. The maximum absolute atomic E-state index is 11.8. The number of hydrogen-bond donors (Lipinski definition) is 0. The van der Waals surface area contributed by atoms with E-state index in [1.165, 1.54) is 13.8 Å². The van der Waals surface area contributed by atoms with Crippen LogP contribution in [0, 0.1) is 5.92 Å². The van der Waals surface area contributed by atoms with E-state index in [4.69, 9.17) is 0 Å². The number of rotatable bonds is 1. The van der Waals surface area contributed by atoms with Crippen molar-refractivity contribution in [1.29, 1.82) is 0 Å². The van der Waals surface area contributed by atoms with Crippen molar-refractivity contribution in [2.24, 2.45) is 0 Å². The zero-order valence-electron chi connectivity index (χ0n) is 5.33. The Morgan fingerprint density at radius 1 is 1.25 bits per heavy atom. The Bertz CT molecular complexity index is 55.9. The molecule has 8 heavy (non-hydrogen) atoms.